The number of nitrogens with one attached hydrogen (secondary N) is 1. The molecule has 3 aromatic rings. The van der Waals surface area contributed by atoms with Gasteiger partial charge in [0.15, 0.2) is 15.6 Å². The van der Waals surface area contributed by atoms with E-state index in [1.165, 1.54) is 31.4 Å². The largest absolute Gasteiger partial charge is 0.497 e. The lowest BCUT2D eigenvalue weighted by Gasteiger charge is -2.14. The Labute approximate surface area is 185 Å². The molecule has 0 spiro atoms. The highest BCUT2D eigenvalue weighted by Gasteiger charge is 2.24. The molecule has 7 nitrogen and oxygen atoms in total. The minimum Gasteiger partial charge on any atom is -0.497 e. The van der Waals surface area contributed by atoms with Crippen LogP contribution in [0.15, 0.2) is 63.9 Å². The van der Waals surface area contributed by atoms with Crippen LogP contribution >= 0.6 is 11.6 Å². The van der Waals surface area contributed by atoms with Crippen molar-refractivity contribution in [2.45, 2.75) is 23.6 Å². The van der Waals surface area contributed by atoms with E-state index in [0.717, 1.165) is 11.3 Å². The minimum absolute atomic E-state index is 0.0172. The summed E-state index contributed by atoms with van der Waals surface area (Å²) in [5.41, 5.74) is 0.886. The number of amides is 1. The van der Waals surface area contributed by atoms with Gasteiger partial charge in [0.05, 0.1) is 20.3 Å². The van der Waals surface area contributed by atoms with E-state index in [1.54, 1.807) is 25.3 Å². The normalized spacial score (nSPS) is 12.3. The number of methoxy groups -OCH3 is 2. The van der Waals surface area contributed by atoms with Gasteiger partial charge in [-0.3, -0.25) is 4.79 Å². The van der Waals surface area contributed by atoms with Crippen LogP contribution in [0.1, 0.15) is 34.8 Å². The highest BCUT2D eigenvalue weighted by atomic mass is 35.5. The summed E-state index contributed by atoms with van der Waals surface area (Å²) in [6.07, 6.45) is 0. The molecule has 1 atom stereocenters. The van der Waals surface area contributed by atoms with Crippen molar-refractivity contribution in [1.82, 2.24) is 5.32 Å². The van der Waals surface area contributed by atoms with Crippen molar-refractivity contribution in [2.75, 3.05) is 14.2 Å². The molecular formula is C22H22ClNO6S. The van der Waals surface area contributed by atoms with E-state index in [4.69, 9.17) is 25.5 Å². The smallest absolute Gasteiger partial charge is 0.287 e. The lowest BCUT2D eigenvalue weighted by atomic mass is 10.1. The Bertz CT molecular complexity index is 1170. The van der Waals surface area contributed by atoms with Gasteiger partial charge in [0, 0.05) is 5.02 Å². The van der Waals surface area contributed by atoms with Crippen LogP contribution in [0.3, 0.4) is 0 Å². The van der Waals surface area contributed by atoms with Crippen LogP contribution in [-0.4, -0.2) is 28.5 Å². The number of sulfone groups is 1. The van der Waals surface area contributed by atoms with Gasteiger partial charge in [-0.15, -0.1) is 0 Å². The molecule has 1 N–H and O–H groups in total. The zero-order valence-electron chi connectivity index (χ0n) is 17.2. The number of furan rings is 1. The van der Waals surface area contributed by atoms with Crippen LogP contribution in [0.25, 0.3) is 0 Å². The standard InChI is InChI=1S/C22H22ClNO6S/c1-14(15-4-7-17(28-2)8-5-15)24-22(25)20-11-9-18(30-20)13-31(26,27)21-12-16(23)6-10-19(21)29-3/h4-12,14H,13H2,1-3H3,(H,24,25). The second kappa shape index (κ2) is 9.45. The van der Waals surface area contributed by atoms with E-state index in [1.807, 2.05) is 19.1 Å². The third-order valence-electron chi connectivity index (χ3n) is 4.64. The zero-order valence-corrected chi connectivity index (χ0v) is 18.8. The number of rotatable bonds is 8. The first-order chi connectivity index (χ1) is 14.7. The molecule has 0 bridgehead atoms. The van der Waals surface area contributed by atoms with Crippen LogP contribution < -0.4 is 14.8 Å². The van der Waals surface area contributed by atoms with Crippen LogP contribution in [0.2, 0.25) is 5.02 Å². The van der Waals surface area contributed by atoms with Crippen molar-refractivity contribution in [1.29, 1.82) is 0 Å². The van der Waals surface area contributed by atoms with Gasteiger partial charge >= 0.3 is 0 Å². The molecule has 0 saturated heterocycles. The summed E-state index contributed by atoms with van der Waals surface area (Å²) in [6, 6.07) is 14.3. The summed E-state index contributed by atoms with van der Waals surface area (Å²) >= 11 is 5.94. The molecule has 31 heavy (non-hydrogen) atoms. The highest BCUT2D eigenvalue weighted by Crippen LogP contribution is 2.30. The average molecular weight is 464 g/mol. The third-order valence-corrected chi connectivity index (χ3v) is 6.53. The van der Waals surface area contributed by atoms with E-state index >= 15 is 0 Å². The molecule has 1 unspecified atom stereocenters. The Hall–Kier alpha value is -2.97. The molecule has 0 saturated carbocycles. The van der Waals surface area contributed by atoms with Crippen LogP contribution in [0.5, 0.6) is 11.5 Å². The molecule has 0 radical (unpaired) electrons. The molecule has 0 aliphatic carbocycles. The van der Waals surface area contributed by atoms with Crippen LogP contribution in [0.4, 0.5) is 0 Å². The fourth-order valence-corrected chi connectivity index (χ4v) is 4.67. The zero-order chi connectivity index (χ0) is 22.6. The van der Waals surface area contributed by atoms with E-state index in [9.17, 15) is 13.2 Å². The molecule has 1 heterocycles. The van der Waals surface area contributed by atoms with E-state index in [2.05, 4.69) is 5.32 Å². The van der Waals surface area contributed by atoms with Crippen LogP contribution in [-0.2, 0) is 15.6 Å². The van der Waals surface area contributed by atoms with Gasteiger partial charge in [0.25, 0.3) is 5.91 Å². The van der Waals surface area contributed by atoms with E-state index < -0.39 is 21.5 Å². The molecule has 3 rings (SSSR count). The number of carbonyl (C=O) groups is 1. The molecule has 164 valence electrons. The monoisotopic (exact) mass is 463 g/mol. The Morgan fingerprint density at radius 3 is 2.42 bits per heavy atom. The molecule has 9 heteroatoms. The molecule has 1 aromatic heterocycles. The van der Waals surface area contributed by atoms with E-state index in [0.29, 0.717) is 0 Å². The third kappa shape index (κ3) is 5.39. The average Bonchev–Trinajstić information content (AvgIpc) is 3.21. The SMILES string of the molecule is COc1ccc(C(C)NC(=O)c2ccc(CS(=O)(=O)c3cc(Cl)ccc3OC)o2)cc1. The minimum atomic E-state index is -3.81. The molecule has 2 aromatic carbocycles. The van der Waals surface area contributed by atoms with Gasteiger partial charge < -0.3 is 19.2 Å². The van der Waals surface area contributed by atoms with Gasteiger partial charge in [0.2, 0.25) is 0 Å². The summed E-state index contributed by atoms with van der Waals surface area (Å²) < 4.78 is 41.4. The van der Waals surface area contributed by atoms with Gasteiger partial charge in [-0.2, -0.15) is 0 Å². The lowest BCUT2D eigenvalue weighted by Crippen LogP contribution is -2.26. The van der Waals surface area contributed by atoms with Gasteiger partial charge in [-0.05, 0) is 55.0 Å². The predicted molar refractivity (Wildman–Crippen MR) is 116 cm³/mol. The molecule has 1 amide bonds. The Kier molecular flexibility index (Phi) is 6.92. The number of carbonyl (C=O) groups excluding carboxylic acids is 1. The molecule has 0 aliphatic rings. The van der Waals surface area contributed by atoms with Crippen molar-refractivity contribution in [3.63, 3.8) is 0 Å². The summed E-state index contributed by atoms with van der Waals surface area (Å²) in [6.45, 7) is 1.83. The maximum absolute atomic E-state index is 12.8. The number of halogens is 1. The maximum Gasteiger partial charge on any atom is 0.287 e. The number of hydrogen-bond donors (Lipinski definition) is 1. The maximum atomic E-state index is 12.8. The van der Waals surface area contributed by atoms with Gasteiger partial charge in [-0.1, -0.05) is 23.7 Å². The first-order valence-corrected chi connectivity index (χ1v) is 11.4. The Morgan fingerprint density at radius 2 is 1.77 bits per heavy atom. The highest BCUT2D eigenvalue weighted by molar-refractivity contribution is 7.90. The molecule has 0 aliphatic heterocycles. The van der Waals surface area contributed by atoms with Crippen molar-refractivity contribution in [3.05, 3.63) is 76.7 Å². The molecular weight excluding hydrogens is 442 g/mol. The summed E-state index contributed by atoms with van der Waals surface area (Å²) in [7, 11) is -0.853. The fraction of sp³-hybridized carbons (Fsp3) is 0.227. The summed E-state index contributed by atoms with van der Waals surface area (Å²) in [5.74, 6) is 0.156. The number of ether oxygens (including phenoxy) is 2. The Balaban J connectivity index is 1.72. The predicted octanol–water partition coefficient (Wildman–Crippen LogP) is 4.42. The first kappa shape index (κ1) is 22.7. The second-order valence-electron chi connectivity index (χ2n) is 6.79. The number of hydrogen-bond acceptors (Lipinski definition) is 6. The van der Waals surface area contributed by atoms with Crippen molar-refractivity contribution in [2.24, 2.45) is 0 Å². The van der Waals surface area contributed by atoms with Crippen molar-refractivity contribution >= 4 is 27.3 Å². The van der Waals surface area contributed by atoms with E-state index in [-0.39, 0.29) is 33.2 Å². The summed E-state index contributed by atoms with van der Waals surface area (Å²) in [4.78, 5) is 12.5. The van der Waals surface area contributed by atoms with Crippen molar-refractivity contribution in [3.8, 4) is 11.5 Å². The second-order valence-corrected chi connectivity index (χ2v) is 9.18. The van der Waals surface area contributed by atoms with Crippen molar-refractivity contribution < 1.29 is 27.1 Å². The topological polar surface area (TPSA) is 94.8 Å². The van der Waals surface area contributed by atoms with Gasteiger partial charge in [0.1, 0.15) is 27.9 Å². The van der Waals surface area contributed by atoms with Crippen LogP contribution in [0, 0.1) is 0 Å². The number of benzene rings is 2. The first-order valence-electron chi connectivity index (χ1n) is 9.33. The molecule has 0 fully saturated rings. The lowest BCUT2D eigenvalue weighted by molar-refractivity contribution is 0.0910. The quantitative estimate of drug-likeness (QED) is 0.531. The summed E-state index contributed by atoms with van der Waals surface area (Å²) in [5, 5.41) is 3.09. The Morgan fingerprint density at radius 1 is 1.06 bits per heavy atom. The van der Waals surface area contributed by atoms with Gasteiger partial charge in [-0.25, -0.2) is 8.42 Å². The fourth-order valence-electron chi connectivity index (χ4n) is 2.98.